The lowest BCUT2D eigenvalue weighted by Crippen LogP contribution is -2.40. The number of nitrogens with zero attached hydrogens (tertiary/aromatic N) is 3. The highest BCUT2D eigenvalue weighted by Gasteiger charge is 2.16. The minimum atomic E-state index is 0. The number of aliphatic imine (C=N–C) groups is 1. The summed E-state index contributed by atoms with van der Waals surface area (Å²) in [5.74, 6) is 0.822. The van der Waals surface area contributed by atoms with Crippen molar-refractivity contribution in [1.82, 2.24) is 20.5 Å². The summed E-state index contributed by atoms with van der Waals surface area (Å²) in [5.41, 5.74) is 2.55. The van der Waals surface area contributed by atoms with Gasteiger partial charge in [-0.2, -0.15) is 0 Å². The molecule has 0 radical (unpaired) electrons. The van der Waals surface area contributed by atoms with E-state index < -0.39 is 0 Å². The predicted octanol–water partition coefficient (Wildman–Crippen LogP) is 3.55. The molecule has 0 saturated carbocycles. The molecular weight excluding hydrogens is 497 g/mol. The minimum Gasteiger partial charge on any atom is -0.376 e. The van der Waals surface area contributed by atoms with Crippen LogP contribution in [0.1, 0.15) is 34.9 Å². The summed E-state index contributed by atoms with van der Waals surface area (Å²) in [7, 11) is 0. The number of aromatic nitrogens is 1. The number of ether oxygens (including phenoxy) is 1. The molecule has 1 aliphatic heterocycles. The molecule has 1 fully saturated rings. The van der Waals surface area contributed by atoms with E-state index in [9.17, 15) is 0 Å². The number of thiazole rings is 1. The number of halogens is 1. The van der Waals surface area contributed by atoms with Crippen molar-refractivity contribution in [1.29, 1.82) is 0 Å². The fourth-order valence-electron chi connectivity index (χ4n) is 3.27. The predicted molar refractivity (Wildman–Crippen MR) is 131 cm³/mol. The molecule has 2 N–H and O–H groups in total. The van der Waals surface area contributed by atoms with E-state index in [0.717, 1.165) is 43.8 Å². The Morgan fingerprint density at radius 3 is 2.90 bits per heavy atom. The van der Waals surface area contributed by atoms with E-state index in [1.807, 2.05) is 6.20 Å². The largest absolute Gasteiger partial charge is 0.376 e. The van der Waals surface area contributed by atoms with E-state index >= 15 is 0 Å². The van der Waals surface area contributed by atoms with Crippen LogP contribution in [0.3, 0.4) is 0 Å². The number of guanidine groups is 1. The Kier molecular flexibility index (Phi) is 10.3. The van der Waals surface area contributed by atoms with Gasteiger partial charge in [0.15, 0.2) is 5.96 Å². The standard InChI is InChI=1S/C21H31N5OS.HI/c1-4-22-21(25-13-20-23-11-17(3)28-20)24-12-18-6-5-7-19(10-18)15-26-8-9-27-16(2)14-26;/h5-7,10-11,16H,4,8-9,12-15H2,1-3H3,(H2,22,24,25);1H. The molecule has 0 amide bonds. The molecule has 1 aromatic carbocycles. The van der Waals surface area contributed by atoms with Gasteiger partial charge in [-0.05, 0) is 31.9 Å². The first kappa shape index (κ1) is 24.0. The van der Waals surface area contributed by atoms with Crippen molar-refractivity contribution in [3.05, 3.63) is 51.5 Å². The summed E-state index contributed by atoms with van der Waals surface area (Å²) in [6, 6.07) is 8.73. The molecule has 2 heterocycles. The highest BCUT2D eigenvalue weighted by atomic mass is 127. The molecule has 6 nitrogen and oxygen atoms in total. The maximum atomic E-state index is 5.64. The third kappa shape index (κ3) is 8.19. The van der Waals surface area contributed by atoms with Gasteiger partial charge < -0.3 is 15.4 Å². The van der Waals surface area contributed by atoms with Crippen molar-refractivity contribution in [3.63, 3.8) is 0 Å². The zero-order valence-electron chi connectivity index (χ0n) is 17.5. The summed E-state index contributed by atoms with van der Waals surface area (Å²) in [6.45, 7) is 12.2. The van der Waals surface area contributed by atoms with Crippen molar-refractivity contribution in [2.24, 2.45) is 4.99 Å². The molecule has 160 valence electrons. The molecule has 3 rings (SSSR count). The molecule has 1 aromatic heterocycles. The second kappa shape index (κ2) is 12.5. The molecule has 1 saturated heterocycles. The van der Waals surface area contributed by atoms with Gasteiger partial charge in [0.1, 0.15) is 5.01 Å². The van der Waals surface area contributed by atoms with Crippen LogP contribution in [0.4, 0.5) is 0 Å². The Bertz CT molecular complexity index is 782. The van der Waals surface area contributed by atoms with Gasteiger partial charge in [0, 0.05) is 37.3 Å². The van der Waals surface area contributed by atoms with Crippen molar-refractivity contribution in [3.8, 4) is 0 Å². The summed E-state index contributed by atoms with van der Waals surface area (Å²) in [6.07, 6.45) is 2.23. The van der Waals surface area contributed by atoms with Crippen LogP contribution in [0.2, 0.25) is 0 Å². The SMILES string of the molecule is CCNC(=NCc1cccc(CN2CCOC(C)C2)c1)NCc1ncc(C)s1.I. The Balaban J connectivity index is 0.00000300. The molecule has 1 aliphatic rings. The smallest absolute Gasteiger partial charge is 0.191 e. The van der Waals surface area contributed by atoms with Crippen LogP contribution in [-0.4, -0.2) is 48.2 Å². The van der Waals surface area contributed by atoms with Crippen molar-refractivity contribution in [2.45, 2.75) is 46.5 Å². The number of rotatable bonds is 7. The van der Waals surface area contributed by atoms with Crippen molar-refractivity contribution < 1.29 is 4.74 Å². The summed E-state index contributed by atoms with van der Waals surface area (Å²) in [4.78, 5) is 12.8. The summed E-state index contributed by atoms with van der Waals surface area (Å²) in [5, 5.41) is 7.75. The van der Waals surface area contributed by atoms with Crippen LogP contribution < -0.4 is 10.6 Å². The highest BCUT2D eigenvalue weighted by Crippen LogP contribution is 2.13. The van der Waals surface area contributed by atoms with E-state index in [-0.39, 0.29) is 24.0 Å². The Labute approximate surface area is 195 Å². The lowest BCUT2D eigenvalue weighted by atomic mass is 10.1. The van der Waals surface area contributed by atoms with Crippen LogP contribution in [0, 0.1) is 6.92 Å². The Hall–Kier alpha value is -1.23. The average molecular weight is 529 g/mol. The zero-order valence-corrected chi connectivity index (χ0v) is 20.6. The van der Waals surface area contributed by atoms with Crippen LogP contribution in [-0.2, 0) is 24.4 Å². The summed E-state index contributed by atoms with van der Waals surface area (Å²) >= 11 is 1.71. The molecular formula is C21H32IN5OS. The zero-order chi connectivity index (χ0) is 19.8. The Morgan fingerprint density at radius 2 is 2.17 bits per heavy atom. The molecule has 2 aromatic rings. The molecule has 1 atom stereocenters. The van der Waals surface area contributed by atoms with Gasteiger partial charge in [-0.3, -0.25) is 4.90 Å². The fourth-order valence-corrected chi connectivity index (χ4v) is 4.00. The number of morpholine rings is 1. The molecule has 0 bridgehead atoms. The van der Waals surface area contributed by atoms with Crippen LogP contribution in [0.5, 0.6) is 0 Å². The normalized spacial score (nSPS) is 17.6. The van der Waals surface area contributed by atoms with Gasteiger partial charge in [0.25, 0.3) is 0 Å². The fraction of sp³-hybridized carbons (Fsp3) is 0.524. The van der Waals surface area contributed by atoms with Gasteiger partial charge in [-0.15, -0.1) is 35.3 Å². The lowest BCUT2D eigenvalue weighted by molar-refractivity contribution is -0.0212. The number of aryl methyl sites for hydroxylation is 1. The van der Waals surface area contributed by atoms with Crippen LogP contribution >= 0.6 is 35.3 Å². The monoisotopic (exact) mass is 529 g/mol. The van der Waals surface area contributed by atoms with Gasteiger partial charge in [-0.25, -0.2) is 9.98 Å². The van der Waals surface area contributed by atoms with E-state index in [4.69, 9.17) is 9.73 Å². The Morgan fingerprint density at radius 1 is 1.34 bits per heavy atom. The van der Waals surface area contributed by atoms with E-state index in [1.165, 1.54) is 16.0 Å². The first-order valence-corrected chi connectivity index (χ1v) is 10.8. The number of hydrogen-bond donors (Lipinski definition) is 2. The maximum Gasteiger partial charge on any atom is 0.191 e. The van der Waals surface area contributed by atoms with Crippen molar-refractivity contribution >= 4 is 41.3 Å². The summed E-state index contributed by atoms with van der Waals surface area (Å²) < 4.78 is 5.64. The third-order valence-electron chi connectivity index (χ3n) is 4.56. The van der Waals surface area contributed by atoms with Gasteiger partial charge in [0.05, 0.1) is 25.8 Å². The minimum absolute atomic E-state index is 0. The van der Waals surface area contributed by atoms with E-state index in [1.54, 1.807) is 11.3 Å². The second-order valence-electron chi connectivity index (χ2n) is 7.15. The quantitative estimate of drug-likeness (QED) is 0.327. The molecule has 0 aliphatic carbocycles. The second-order valence-corrected chi connectivity index (χ2v) is 8.47. The van der Waals surface area contributed by atoms with Crippen molar-refractivity contribution in [2.75, 3.05) is 26.2 Å². The third-order valence-corrected chi connectivity index (χ3v) is 5.48. The highest BCUT2D eigenvalue weighted by molar-refractivity contribution is 14.0. The number of nitrogens with one attached hydrogen (secondary N) is 2. The van der Waals surface area contributed by atoms with E-state index in [2.05, 4.69) is 65.6 Å². The van der Waals surface area contributed by atoms with Gasteiger partial charge >= 0.3 is 0 Å². The molecule has 8 heteroatoms. The topological polar surface area (TPSA) is 61.8 Å². The van der Waals surface area contributed by atoms with Gasteiger partial charge in [0.2, 0.25) is 0 Å². The number of hydrogen-bond acceptors (Lipinski definition) is 5. The first-order valence-electron chi connectivity index (χ1n) is 9.97. The average Bonchev–Trinajstić information content (AvgIpc) is 3.10. The van der Waals surface area contributed by atoms with Crippen LogP contribution in [0.15, 0.2) is 35.5 Å². The first-order chi connectivity index (χ1) is 13.6. The molecule has 29 heavy (non-hydrogen) atoms. The van der Waals surface area contributed by atoms with E-state index in [0.29, 0.717) is 19.2 Å². The van der Waals surface area contributed by atoms with Gasteiger partial charge in [-0.1, -0.05) is 24.3 Å². The maximum absolute atomic E-state index is 5.64. The lowest BCUT2D eigenvalue weighted by Gasteiger charge is -2.31. The molecule has 1 unspecified atom stereocenters. The number of benzene rings is 1. The molecule has 0 spiro atoms. The van der Waals surface area contributed by atoms with Crippen LogP contribution in [0.25, 0.3) is 0 Å².